The van der Waals surface area contributed by atoms with Crippen molar-refractivity contribution in [3.63, 3.8) is 0 Å². The van der Waals surface area contributed by atoms with Gasteiger partial charge in [0.15, 0.2) is 0 Å². The van der Waals surface area contributed by atoms with E-state index in [0.717, 1.165) is 38.2 Å². The normalized spacial score (nSPS) is 18.6. The zero-order valence-corrected chi connectivity index (χ0v) is 13.4. The van der Waals surface area contributed by atoms with Gasteiger partial charge in [-0.3, -0.25) is 4.79 Å². The SMILES string of the molecule is CCN(c1ccc(NC(=O)[C@H]2CCCNC2)cc1)C(C)C. The molecule has 2 N–H and O–H groups in total. The number of benzene rings is 1. The molecule has 1 aliphatic heterocycles. The molecule has 4 heteroatoms. The van der Waals surface area contributed by atoms with Gasteiger partial charge in [-0.15, -0.1) is 0 Å². The van der Waals surface area contributed by atoms with E-state index in [1.807, 2.05) is 12.1 Å². The van der Waals surface area contributed by atoms with E-state index in [1.165, 1.54) is 5.69 Å². The average molecular weight is 289 g/mol. The van der Waals surface area contributed by atoms with Crippen molar-refractivity contribution in [3.05, 3.63) is 24.3 Å². The van der Waals surface area contributed by atoms with Gasteiger partial charge in [0.2, 0.25) is 5.91 Å². The Hall–Kier alpha value is -1.55. The summed E-state index contributed by atoms with van der Waals surface area (Å²) in [4.78, 5) is 14.5. The highest BCUT2D eigenvalue weighted by Crippen LogP contribution is 2.21. The number of rotatable bonds is 5. The maximum absolute atomic E-state index is 12.2. The van der Waals surface area contributed by atoms with Gasteiger partial charge in [-0.05, 0) is 64.4 Å². The summed E-state index contributed by atoms with van der Waals surface area (Å²) in [5, 5.41) is 6.31. The molecule has 1 atom stereocenters. The summed E-state index contributed by atoms with van der Waals surface area (Å²) in [6.45, 7) is 9.34. The molecule has 1 amide bonds. The van der Waals surface area contributed by atoms with E-state index in [2.05, 4.69) is 48.4 Å². The molecule has 0 spiro atoms. The lowest BCUT2D eigenvalue weighted by Crippen LogP contribution is -2.37. The first kappa shape index (κ1) is 15.8. The second kappa shape index (κ2) is 7.46. The van der Waals surface area contributed by atoms with Crippen LogP contribution < -0.4 is 15.5 Å². The van der Waals surface area contributed by atoms with Crippen LogP contribution in [0.25, 0.3) is 0 Å². The predicted octanol–water partition coefficient (Wildman–Crippen LogP) is 2.86. The smallest absolute Gasteiger partial charge is 0.228 e. The van der Waals surface area contributed by atoms with E-state index in [0.29, 0.717) is 6.04 Å². The number of nitrogens with one attached hydrogen (secondary N) is 2. The van der Waals surface area contributed by atoms with E-state index >= 15 is 0 Å². The van der Waals surface area contributed by atoms with E-state index in [4.69, 9.17) is 0 Å². The zero-order valence-electron chi connectivity index (χ0n) is 13.4. The van der Waals surface area contributed by atoms with Crippen LogP contribution in [-0.4, -0.2) is 31.6 Å². The highest BCUT2D eigenvalue weighted by atomic mass is 16.1. The molecule has 1 aromatic carbocycles. The fraction of sp³-hybridized carbons (Fsp3) is 0.588. The van der Waals surface area contributed by atoms with Crippen LogP contribution in [0, 0.1) is 5.92 Å². The van der Waals surface area contributed by atoms with Crippen molar-refractivity contribution in [2.45, 2.75) is 39.7 Å². The number of hydrogen-bond donors (Lipinski definition) is 2. The van der Waals surface area contributed by atoms with Crippen molar-refractivity contribution in [1.82, 2.24) is 5.32 Å². The molecule has 0 bridgehead atoms. The zero-order chi connectivity index (χ0) is 15.2. The van der Waals surface area contributed by atoms with Crippen molar-refractivity contribution in [3.8, 4) is 0 Å². The second-order valence-electron chi connectivity index (χ2n) is 5.96. The van der Waals surface area contributed by atoms with Crippen LogP contribution in [0.2, 0.25) is 0 Å². The van der Waals surface area contributed by atoms with Gasteiger partial charge in [0.05, 0.1) is 5.92 Å². The fourth-order valence-corrected chi connectivity index (χ4v) is 2.90. The topological polar surface area (TPSA) is 44.4 Å². The molecule has 0 saturated carbocycles. The first-order valence-electron chi connectivity index (χ1n) is 8.00. The van der Waals surface area contributed by atoms with Crippen LogP contribution in [0.4, 0.5) is 11.4 Å². The minimum absolute atomic E-state index is 0.0984. The highest BCUT2D eigenvalue weighted by Gasteiger charge is 2.20. The van der Waals surface area contributed by atoms with Crippen LogP contribution in [0.5, 0.6) is 0 Å². The largest absolute Gasteiger partial charge is 0.369 e. The predicted molar refractivity (Wildman–Crippen MR) is 88.8 cm³/mol. The molecule has 0 aliphatic carbocycles. The lowest BCUT2D eigenvalue weighted by molar-refractivity contribution is -0.120. The summed E-state index contributed by atoms with van der Waals surface area (Å²) in [5.41, 5.74) is 2.08. The number of anilines is 2. The van der Waals surface area contributed by atoms with Crippen LogP contribution in [0.1, 0.15) is 33.6 Å². The number of carbonyl (C=O) groups excluding carboxylic acids is 1. The van der Waals surface area contributed by atoms with Crippen molar-refractivity contribution in [2.24, 2.45) is 5.92 Å². The Balaban J connectivity index is 1.97. The van der Waals surface area contributed by atoms with E-state index in [9.17, 15) is 4.79 Å². The first-order valence-corrected chi connectivity index (χ1v) is 8.00. The molecular weight excluding hydrogens is 262 g/mol. The monoisotopic (exact) mass is 289 g/mol. The van der Waals surface area contributed by atoms with Crippen LogP contribution >= 0.6 is 0 Å². The van der Waals surface area contributed by atoms with Gasteiger partial charge in [0, 0.05) is 30.5 Å². The van der Waals surface area contributed by atoms with Crippen molar-refractivity contribution in [2.75, 3.05) is 29.9 Å². The average Bonchev–Trinajstić information content (AvgIpc) is 2.50. The summed E-state index contributed by atoms with van der Waals surface area (Å²) >= 11 is 0. The molecular formula is C17H27N3O. The maximum atomic E-state index is 12.2. The molecule has 4 nitrogen and oxygen atoms in total. The number of carbonyl (C=O) groups is 1. The van der Waals surface area contributed by atoms with Gasteiger partial charge in [-0.2, -0.15) is 0 Å². The quantitative estimate of drug-likeness (QED) is 0.876. The van der Waals surface area contributed by atoms with Gasteiger partial charge in [-0.1, -0.05) is 0 Å². The lowest BCUT2D eigenvalue weighted by atomic mass is 9.99. The van der Waals surface area contributed by atoms with Gasteiger partial charge in [-0.25, -0.2) is 0 Å². The lowest BCUT2D eigenvalue weighted by Gasteiger charge is -2.27. The molecule has 1 fully saturated rings. The Morgan fingerprint density at radius 3 is 2.62 bits per heavy atom. The Morgan fingerprint density at radius 2 is 2.10 bits per heavy atom. The highest BCUT2D eigenvalue weighted by molar-refractivity contribution is 5.92. The molecule has 2 rings (SSSR count). The Morgan fingerprint density at radius 1 is 1.38 bits per heavy atom. The van der Waals surface area contributed by atoms with Gasteiger partial charge >= 0.3 is 0 Å². The number of piperidine rings is 1. The molecule has 1 aliphatic rings. The first-order chi connectivity index (χ1) is 10.1. The van der Waals surface area contributed by atoms with E-state index < -0.39 is 0 Å². The van der Waals surface area contributed by atoms with Gasteiger partial charge in [0.1, 0.15) is 0 Å². The summed E-state index contributed by atoms with van der Waals surface area (Å²) in [5.74, 6) is 0.229. The minimum Gasteiger partial charge on any atom is -0.369 e. The van der Waals surface area contributed by atoms with E-state index in [1.54, 1.807) is 0 Å². The minimum atomic E-state index is 0.0984. The maximum Gasteiger partial charge on any atom is 0.228 e. The Kier molecular flexibility index (Phi) is 5.62. The fourth-order valence-electron chi connectivity index (χ4n) is 2.90. The summed E-state index contributed by atoms with van der Waals surface area (Å²) in [6.07, 6.45) is 2.06. The molecule has 0 aromatic heterocycles. The van der Waals surface area contributed by atoms with Crippen LogP contribution in [0.3, 0.4) is 0 Å². The van der Waals surface area contributed by atoms with Gasteiger partial charge < -0.3 is 15.5 Å². The molecule has 21 heavy (non-hydrogen) atoms. The summed E-state index contributed by atoms with van der Waals surface area (Å²) in [7, 11) is 0. The molecule has 1 aromatic rings. The summed E-state index contributed by atoms with van der Waals surface area (Å²) in [6, 6.07) is 8.63. The number of amides is 1. The van der Waals surface area contributed by atoms with Gasteiger partial charge in [0.25, 0.3) is 0 Å². The third-order valence-corrected chi connectivity index (χ3v) is 4.10. The molecule has 0 radical (unpaired) electrons. The van der Waals surface area contributed by atoms with Crippen molar-refractivity contribution in [1.29, 1.82) is 0 Å². The summed E-state index contributed by atoms with van der Waals surface area (Å²) < 4.78 is 0. The molecule has 1 saturated heterocycles. The molecule has 0 unspecified atom stereocenters. The van der Waals surface area contributed by atoms with E-state index in [-0.39, 0.29) is 11.8 Å². The van der Waals surface area contributed by atoms with Crippen LogP contribution in [-0.2, 0) is 4.79 Å². The second-order valence-corrected chi connectivity index (χ2v) is 5.96. The van der Waals surface area contributed by atoms with Crippen molar-refractivity contribution < 1.29 is 4.79 Å². The standard InChI is InChI=1S/C17H27N3O/c1-4-20(13(2)3)16-9-7-15(8-10-16)19-17(21)14-6-5-11-18-12-14/h7-10,13-14,18H,4-6,11-12H2,1-3H3,(H,19,21)/t14-/m0/s1. The number of hydrogen-bond acceptors (Lipinski definition) is 3. The third-order valence-electron chi connectivity index (χ3n) is 4.10. The Bertz CT molecular complexity index is 450. The molecule has 1 heterocycles. The van der Waals surface area contributed by atoms with Crippen LogP contribution in [0.15, 0.2) is 24.3 Å². The Labute approximate surface area is 127 Å². The molecule has 116 valence electrons. The van der Waals surface area contributed by atoms with Crippen molar-refractivity contribution >= 4 is 17.3 Å². The third kappa shape index (κ3) is 4.21. The number of nitrogens with zero attached hydrogens (tertiary/aromatic N) is 1.